The number of fused-ring (bicyclic) bond motifs is 1. The van der Waals surface area contributed by atoms with Gasteiger partial charge in [0, 0.05) is 12.7 Å². The Bertz CT molecular complexity index is 989. The summed E-state index contributed by atoms with van der Waals surface area (Å²) in [6, 6.07) is 0. The molecule has 0 bridgehead atoms. The molecule has 0 aliphatic heterocycles. The summed E-state index contributed by atoms with van der Waals surface area (Å²) in [6.07, 6.45) is 2.49. The monoisotopic (exact) mass is 330 g/mol. The van der Waals surface area contributed by atoms with Gasteiger partial charge < -0.3 is 5.11 Å². The number of carboxylic acids is 1. The minimum absolute atomic E-state index is 0.0119. The maximum absolute atomic E-state index is 12.5. The number of nitrogens with zero attached hydrogens (tertiary/aromatic N) is 5. The molecule has 3 heterocycles. The molecule has 3 rings (SSSR count). The summed E-state index contributed by atoms with van der Waals surface area (Å²) in [5.41, 5.74) is 1.13. The Morgan fingerprint density at radius 3 is 2.67 bits per heavy atom. The smallest absolute Gasteiger partial charge is 0.338 e. The van der Waals surface area contributed by atoms with Gasteiger partial charge in [-0.3, -0.25) is 14.5 Å². The van der Waals surface area contributed by atoms with Crippen LogP contribution in [0.3, 0.4) is 0 Å². The van der Waals surface area contributed by atoms with E-state index in [0.29, 0.717) is 23.3 Å². The fraction of sp³-hybridized carbons (Fsp3) is 0.400. The van der Waals surface area contributed by atoms with Crippen molar-refractivity contribution in [3.05, 3.63) is 34.0 Å². The highest BCUT2D eigenvalue weighted by molar-refractivity contribution is 5.87. The number of aryl methyl sites for hydroxylation is 1. The standard InChI is InChI=1S/C15H18N6O3/c1-8-10-11(21(19-8)7-15(2,3)4)12(22)18-14(17-10)20-6-9(5-16-20)13(23)24/h5-6H,7H2,1-4H3,(H,23,24)(H,17,18,22). The van der Waals surface area contributed by atoms with Crippen molar-refractivity contribution in [3.8, 4) is 5.95 Å². The highest BCUT2D eigenvalue weighted by Gasteiger charge is 2.20. The Labute approximate surface area is 136 Å². The van der Waals surface area contributed by atoms with Crippen LogP contribution in [0.5, 0.6) is 0 Å². The number of carbonyl (C=O) groups is 1. The number of hydrogen-bond acceptors (Lipinski definition) is 5. The Hall–Kier alpha value is -2.97. The first-order valence-corrected chi connectivity index (χ1v) is 7.41. The lowest BCUT2D eigenvalue weighted by atomic mass is 9.97. The van der Waals surface area contributed by atoms with Crippen molar-refractivity contribution in [1.82, 2.24) is 29.5 Å². The van der Waals surface area contributed by atoms with Gasteiger partial charge in [-0.25, -0.2) is 14.5 Å². The van der Waals surface area contributed by atoms with Gasteiger partial charge >= 0.3 is 5.97 Å². The second kappa shape index (κ2) is 5.29. The van der Waals surface area contributed by atoms with Gasteiger partial charge in [0.25, 0.3) is 5.56 Å². The lowest BCUT2D eigenvalue weighted by Crippen LogP contribution is -2.21. The van der Waals surface area contributed by atoms with Gasteiger partial charge in [0.05, 0.1) is 17.5 Å². The minimum Gasteiger partial charge on any atom is -0.478 e. The summed E-state index contributed by atoms with van der Waals surface area (Å²) in [6.45, 7) is 8.53. The molecule has 0 fully saturated rings. The molecule has 0 atom stereocenters. The molecule has 0 radical (unpaired) electrons. The molecule has 0 saturated heterocycles. The zero-order valence-electron chi connectivity index (χ0n) is 13.9. The lowest BCUT2D eigenvalue weighted by Gasteiger charge is -2.18. The fourth-order valence-electron chi connectivity index (χ4n) is 2.45. The van der Waals surface area contributed by atoms with Crippen LogP contribution in [0.2, 0.25) is 0 Å². The van der Waals surface area contributed by atoms with E-state index in [1.165, 1.54) is 17.1 Å². The van der Waals surface area contributed by atoms with Crippen molar-refractivity contribution in [2.75, 3.05) is 0 Å². The summed E-state index contributed by atoms with van der Waals surface area (Å²) in [4.78, 5) is 30.5. The molecule has 0 spiro atoms. The molecule has 0 aliphatic carbocycles. The fourth-order valence-corrected chi connectivity index (χ4v) is 2.45. The van der Waals surface area contributed by atoms with Crippen molar-refractivity contribution >= 4 is 17.0 Å². The molecule has 0 aliphatic rings. The number of H-pyrrole nitrogens is 1. The van der Waals surface area contributed by atoms with E-state index in [9.17, 15) is 9.59 Å². The third kappa shape index (κ3) is 2.80. The van der Waals surface area contributed by atoms with Crippen molar-refractivity contribution in [1.29, 1.82) is 0 Å². The first-order chi connectivity index (χ1) is 11.2. The van der Waals surface area contributed by atoms with Crippen LogP contribution >= 0.6 is 0 Å². The SMILES string of the molecule is Cc1nn(CC(C)(C)C)c2c(=O)[nH]c(-n3cc(C(=O)O)cn3)nc12. The highest BCUT2D eigenvalue weighted by atomic mass is 16.4. The predicted molar refractivity (Wildman–Crippen MR) is 86.4 cm³/mol. The zero-order chi connectivity index (χ0) is 17.6. The largest absolute Gasteiger partial charge is 0.478 e. The highest BCUT2D eigenvalue weighted by Crippen LogP contribution is 2.20. The number of nitrogens with one attached hydrogen (secondary N) is 1. The number of rotatable bonds is 3. The van der Waals surface area contributed by atoms with Gasteiger partial charge in [-0.05, 0) is 12.3 Å². The van der Waals surface area contributed by atoms with E-state index < -0.39 is 5.97 Å². The number of carboxylic acid groups (broad SMARTS) is 1. The molecule has 0 unspecified atom stereocenters. The molecule has 3 aromatic rings. The molecule has 24 heavy (non-hydrogen) atoms. The molecule has 0 amide bonds. The minimum atomic E-state index is -1.10. The third-order valence-electron chi connectivity index (χ3n) is 3.42. The second-order valence-corrected chi connectivity index (χ2v) is 6.87. The Kier molecular flexibility index (Phi) is 3.51. The van der Waals surface area contributed by atoms with Crippen LogP contribution in [0.4, 0.5) is 0 Å². The lowest BCUT2D eigenvalue weighted by molar-refractivity contribution is 0.0697. The van der Waals surface area contributed by atoms with Crippen molar-refractivity contribution in [2.45, 2.75) is 34.2 Å². The number of aromatic nitrogens is 6. The topological polar surface area (TPSA) is 119 Å². The molecule has 9 nitrogen and oxygen atoms in total. The van der Waals surface area contributed by atoms with E-state index in [2.05, 4.69) is 40.9 Å². The first kappa shape index (κ1) is 15.9. The maximum atomic E-state index is 12.5. The summed E-state index contributed by atoms with van der Waals surface area (Å²) in [5, 5.41) is 17.3. The Morgan fingerprint density at radius 2 is 2.08 bits per heavy atom. The van der Waals surface area contributed by atoms with Crippen LogP contribution in [0.15, 0.2) is 17.2 Å². The van der Waals surface area contributed by atoms with Crippen LogP contribution in [-0.2, 0) is 6.54 Å². The van der Waals surface area contributed by atoms with Crippen molar-refractivity contribution in [3.63, 3.8) is 0 Å². The third-order valence-corrected chi connectivity index (χ3v) is 3.42. The van der Waals surface area contributed by atoms with E-state index in [-0.39, 0.29) is 22.5 Å². The summed E-state index contributed by atoms with van der Waals surface area (Å²) in [7, 11) is 0. The average Bonchev–Trinajstić information content (AvgIpc) is 3.03. The van der Waals surface area contributed by atoms with Gasteiger partial charge in [0.1, 0.15) is 5.52 Å². The van der Waals surface area contributed by atoms with E-state index in [4.69, 9.17) is 5.11 Å². The average molecular weight is 330 g/mol. The van der Waals surface area contributed by atoms with E-state index in [1.54, 1.807) is 11.6 Å². The molecule has 0 saturated carbocycles. The molecule has 126 valence electrons. The van der Waals surface area contributed by atoms with Crippen LogP contribution in [0.1, 0.15) is 36.8 Å². The normalized spacial score (nSPS) is 12.0. The van der Waals surface area contributed by atoms with Gasteiger partial charge in [-0.1, -0.05) is 20.8 Å². The van der Waals surface area contributed by atoms with Gasteiger partial charge in [-0.15, -0.1) is 0 Å². The molecule has 0 aromatic carbocycles. The van der Waals surface area contributed by atoms with Crippen LogP contribution in [0, 0.1) is 12.3 Å². The zero-order valence-corrected chi connectivity index (χ0v) is 13.9. The van der Waals surface area contributed by atoms with E-state index in [1.807, 2.05) is 0 Å². The van der Waals surface area contributed by atoms with E-state index >= 15 is 0 Å². The van der Waals surface area contributed by atoms with Crippen molar-refractivity contribution < 1.29 is 9.90 Å². The predicted octanol–water partition coefficient (Wildman–Crippen LogP) is 1.36. The van der Waals surface area contributed by atoms with Crippen LogP contribution < -0.4 is 5.56 Å². The van der Waals surface area contributed by atoms with Crippen LogP contribution in [-0.4, -0.2) is 40.6 Å². The van der Waals surface area contributed by atoms with Crippen LogP contribution in [0.25, 0.3) is 17.0 Å². The molecule has 9 heteroatoms. The number of hydrogen-bond donors (Lipinski definition) is 2. The molecular weight excluding hydrogens is 312 g/mol. The maximum Gasteiger partial charge on any atom is 0.338 e. The molecular formula is C15H18N6O3. The van der Waals surface area contributed by atoms with Gasteiger partial charge in [0.2, 0.25) is 5.95 Å². The van der Waals surface area contributed by atoms with E-state index in [0.717, 1.165) is 0 Å². The number of aromatic amines is 1. The van der Waals surface area contributed by atoms with Gasteiger partial charge in [0.15, 0.2) is 5.52 Å². The van der Waals surface area contributed by atoms with Gasteiger partial charge in [-0.2, -0.15) is 10.2 Å². The molecule has 2 N–H and O–H groups in total. The number of aromatic carboxylic acids is 1. The molecule has 3 aromatic heterocycles. The summed E-state index contributed by atoms with van der Waals surface area (Å²) in [5.74, 6) is -0.947. The quantitative estimate of drug-likeness (QED) is 0.748. The second-order valence-electron chi connectivity index (χ2n) is 6.87. The summed E-state index contributed by atoms with van der Waals surface area (Å²) >= 11 is 0. The Balaban J connectivity index is 2.15. The Morgan fingerprint density at radius 1 is 1.38 bits per heavy atom. The van der Waals surface area contributed by atoms with Crippen molar-refractivity contribution in [2.24, 2.45) is 5.41 Å². The summed E-state index contributed by atoms with van der Waals surface area (Å²) < 4.78 is 2.89. The first-order valence-electron chi connectivity index (χ1n) is 7.41.